The fraction of sp³-hybridized carbons (Fsp3) is 0.0833. The van der Waals surface area contributed by atoms with E-state index in [-0.39, 0.29) is 11.4 Å². The molecule has 0 spiro atoms. The monoisotopic (exact) mass is 555 g/mol. The SMILES string of the molecule is O=S(=O)(NCCNc1cc(-c2ccccc2Cl)nc2c(Br)cnn12)c1cccc2ccccc12. The Kier molecular flexibility index (Phi) is 6.26. The van der Waals surface area contributed by atoms with Crippen molar-refractivity contribution in [3.8, 4) is 11.3 Å². The Morgan fingerprint density at radius 3 is 2.59 bits per heavy atom. The van der Waals surface area contributed by atoms with E-state index in [4.69, 9.17) is 11.6 Å². The van der Waals surface area contributed by atoms with E-state index >= 15 is 0 Å². The highest BCUT2D eigenvalue weighted by molar-refractivity contribution is 9.10. The number of benzene rings is 3. The van der Waals surface area contributed by atoms with E-state index < -0.39 is 10.0 Å². The first-order valence-electron chi connectivity index (χ1n) is 10.4. The largest absolute Gasteiger partial charge is 0.369 e. The molecular formula is C24H19BrClN5O2S. The van der Waals surface area contributed by atoms with E-state index in [9.17, 15) is 8.42 Å². The summed E-state index contributed by atoms with van der Waals surface area (Å²) in [6, 6.07) is 22.0. The number of nitrogens with zero attached hydrogens (tertiary/aromatic N) is 3. The molecule has 10 heteroatoms. The molecule has 0 saturated heterocycles. The minimum Gasteiger partial charge on any atom is -0.369 e. The van der Waals surface area contributed by atoms with Gasteiger partial charge in [-0.3, -0.25) is 0 Å². The van der Waals surface area contributed by atoms with Gasteiger partial charge in [0, 0.05) is 35.1 Å². The van der Waals surface area contributed by atoms with E-state index in [1.54, 1.807) is 22.8 Å². The Balaban J connectivity index is 1.37. The second kappa shape index (κ2) is 9.34. The van der Waals surface area contributed by atoms with Crippen molar-refractivity contribution in [1.29, 1.82) is 0 Å². The number of hydrogen-bond donors (Lipinski definition) is 2. The third-order valence-corrected chi connectivity index (χ3v) is 7.75. The van der Waals surface area contributed by atoms with E-state index in [0.717, 1.165) is 15.4 Å². The first kappa shape index (κ1) is 22.8. The molecule has 0 radical (unpaired) electrons. The van der Waals surface area contributed by atoms with Gasteiger partial charge in [-0.1, -0.05) is 66.2 Å². The Labute approximate surface area is 210 Å². The molecule has 0 saturated carbocycles. The molecule has 172 valence electrons. The van der Waals surface area contributed by atoms with Gasteiger partial charge in [-0.05, 0) is 33.4 Å². The third kappa shape index (κ3) is 4.39. The lowest BCUT2D eigenvalue weighted by Crippen LogP contribution is -2.29. The Hall–Kier alpha value is -2.98. The van der Waals surface area contributed by atoms with Crippen molar-refractivity contribution in [1.82, 2.24) is 19.3 Å². The van der Waals surface area contributed by atoms with Crippen LogP contribution in [-0.4, -0.2) is 36.1 Å². The summed E-state index contributed by atoms with van der Waals surface area (Å²) in [5.41, 5.74) is 2.09. The number of anilines is 1. The summed E-state index contributed by atoms with van der Waals surface area (Å²) in [7, 11) is -3.69. The van der Waals surface area contributed by atoms with Gasteiger partial charge in [0.25, 0.3) is 0 Å². The molecule has 0 aliphatic rings. The number of sulfonamides is 1. The zero-order chi connectivity index (χ0) is 23.7. The van der Waals surface area contributed by atoms with Crippen LogP contribution >= 0.6 is 27.5 Å². The van der Waals surface area contributed by atoms with E-state index in [2.05, 4.69) is 36.1 Å². The van der Waals surface area contributed by atoms with Gasteiger partial charge in [0.05, 0.1) is 21.3 Å². The third-order valence-electron chi connectivity index (χ3n) is 5.34. The van der Waals surface area contributed by atoms with Crippen LogP contribution in [0.3, 0.4) is 0 Å². The molecule has 2 aromatic heterocycles. The fourth-order valence-electron chi connectivity index (χ4n) is 3.75. The van der Waals surface area contributed by atoms with E-state index in [1.165, 1.54) is 0 Å². The maximum Gasteiger partial charge on any atom is 0.241 e. The molecule has 7 nitrogen and oxygen atoms in total. The lowest BCUT2D eigenvalue weighted by atomic mass is 10.1. The average Bonchev–Trinajstić information content (AvgIpc) is 3.22. The van der Waals surface area contributed by atoms with E-state index in [1.807, 2.05) is 60.7 Å². The number of aromatic nitrogens is 3. The topological polar surface area (TPSA) is 88.4 Å². The van der Waals surface area contributed by atoms with Crippen LogP contribution in [0.25, 0.3) is 27.7 Å². The molecular weight excluding hydrogens is 538 g/mol. The van der Waals surface area contributed by atoms with Crippen molar-refractivity contribution in [3.63, 3.8) is 0 Å². The molecule has 0 aliphatic heterocycles. The lowest BCUT2D eigenvalue weighted by Gasteiger charge is -2.13. The zero-order valence-corrected chi connectivity index (χ0v) is 20.9. The number of nitrogens with one attached hydrogen (secondary N) is 2. The molecule has 2 heterocycles. The second-order valence-electron chi connectivity index (χ2n) is 7.54. The molecule has 0 atom stereocenters. The predicted molar refractivity (Wildman–Crippen MR) is 139 cm³/mol. The van der Waals surface area contributed by atoms with Crippen LogP contribution in [0.15, 0.2) is 88.4 Å². The van der Waals surface area contributed by atoms with Crippen molar-refractivity contribution in [3.05, 3.63) is 88.5 Å². The molecule has 0 amide bonds. The highest BCUT2D eigenvalue weighted by Crippen LogP contribution is 2.30. The Morgan fingerprint density at radius 2 is 1.74 bits per heavy atom. The number of rotatable bonds is 7. The number of fused-ring (bicyclic) bond motifs is 2. The van der Waals surface area contributed by atoms with Crippen molar-refractivity contribution in [2.45, 2.75) is 4.90 Å². The van der Waals surface area contributed by atoms with E-state index in [0.29, 0.717) is 34.1 Å². The summed E-state index contributed by atoms with van der Waals surface area (Å²) in [6.07, 6.45) is 1.66. The van der Waals surface area contributed by atoms with Crippen molar-refractivity contribution in [2.24, 2.45) is 0 Å². The lowest BCUT2D eigenvalue weighted by molar-refractivity contribution is 0.583. The second-order valence-corrected chi connectivity index (χ2v) is 10.5. The van der Waals surface area contributed by atoms with Gasteiger partial charge in [0.15, 0.2) is 5.65 Å². The molecule has 0 bridgehead atoms. The summed E-state index contributed by atoms with van der Waals surface area (Å²) in [6.45, 7) is 0.516. The minimum atomic E-state index is -3.69. The van der Waals surface area contributed by atoms with Gasteiger partial charge in [-0.2, -0.15) is 9.61 Å². The average molecular weight is 557 g/mol. The highest BCUT2D eigenvalue weighted by atomic mass is 79.9. The predicted octanol–water partition coefficient (Wildman–Crippen LogP) is 5.36. The van der Waals surface area contributed by atoms with Gasteiger partial charge in [-0.25, -0.2) is 18.1 Å². The van der Waals surface area contributed by atoms with Crippen LogP contribution in [0, 0.1) is 0 Å². The highest BCUT2D eigenvalue weighted by Gasteiger charge is 2.17. The Bertz CT molecular complexity index is 1620. The smallest absolute Gasteiger partial charge is 0.241 e. The Morgan fingerprint density at radius 1 is 0.971 bits per heavy atom. The first-order chi connectivity index (χ1) is 16.4. The van der Waals surface area contributed by atoms with Crippen molar-refractivity contribution in [2.75, 3.05) is 18.4 Å². The quantitative estimate of drug-likeness (QED) is 0.264. The molecule has 3 aromatic carbocycles. The zero-order valence-electron chi connectivity index (χ0n) is 17.7. The van der Waals surface area contributed by atoms with Crippen LogP contribution in [-0.2, 0) is 10.0 Å². The van der Waals surface area contributed by atoms with Crippen LogP contribution in [0.2, 0.25) is 5.02 Å². The fourth-order valence-corrected chi connectivity index (χ4v) is 5.59. The maximum atomic E-state index is 13.0. The molecule has 0 fully saturated rings. The standard InChI is InChI=1S/C24H19BrClN5O2S/c25-19-15-28-31-23(14-21(30-24(19)31)18-9-3-4-10-20(18)26)27-12-13-29-34(32,33)22-11-5-7-16-6-1-2-8-17(16)22/h1-11,14-15,27,29H,12-13H2. The van der Waals surface area contributed by atoms with Crippen LogP contribution in [0.1, 0.15) is 0 Å². The molecule has 34 heavy (non-hydrogen) atoms. The summed E-state index contributed by atoms with van der Waals surface area (Å²) in [5.74, 6) is 0.662. The number of halogens is 2. The molecule has 5 rings (SSSR count). The van der Waals surface area contributed by atoms with Gasteiger partial charge in [-0.15, -0.1) is 0 Å². The maximum absolute atomic E-state index is 13.0. The van der Waals surface area contributed by atoms with Crippen LogP contribution in [0.4, 0.5) is 5.82 Å². The molecule has 0 aliphatic carbocycles. The first-order valence-corrected chi connectivity index (χ1v) is 13.1. The van der Waals surface area contributed by atoms with Gasteiger partial charge < -0.3 is 5.32 Å². The summed E-state index contributed by atoms with van der Waals surface area (Å²) in [5, 5.41) is 9.77. The molecule has 5 aromatic rings. The summed E-state index contributed by atoms with van der Waals surface area (Å²) < 4.78 is 31.0. The molecule has 0 unspecified atom stereocenters. The van der Waals surface area contributed by atoms with Gasteiger partial charge in [0.2, 0.25) is 10.0 Å². The van der Waals surface area contributed by atoms with Crippen LogP contribution in [0.5, 0.6) is 0 Å². The minimum absolute atomic E-state index is 0.180. The van der Waals surface area contributed by atoms with Crippen LogP contribution < -0.4 is 10.0 Å². The summed E-state index contributed by atoms with van der Waals surface area (Å²) in [4.78, 5) is 4.94. The van der Waals surface area contributed by atoms with Gasteiger partial charge >= 0.3 is 0 Å². The van der Waals surface area contributed by atoms with Crippen molar-refractivity contribution >= 4 is 59.8 Å². The van der Waals surface area contributed by atoms with Gasteiger partial charge in [0.1, 0.15) is 5.82 Å². The normalized spacial score (nSPS) is 11.8. The molecule has 2 N–H and O–H groups in total. The summed E-state index contributed by atoms with van der Waals surface area (Å²) >= 11 is 9.86. The van der Waals surface area contributed by atoms with Crippen molar-refractivity contribution < 1.29 is 8.42 Å². The number of hydrogen-bond acceptors (Lipinski definition) is 5.